The number of hydrogen-bond acceptors (Lipinski definition) is 8. The highest BCUT2D eigenvalue weighted by molar-refractivity contribution is 6.37. The Labute approximate surface area is 236 Å². The molecule has 206 valence electrons. The zero-order valence-electron chi connectivity index (χ0n) is 22.2. The minimum atomic E-state index is -0.260. The van der Waals surface area contributed by atoms with E-state index in [1.54, 1.807) is 29.3 Å². The molecule has 1 amide bonds. The Balaban J connectivity index is 1.27. The number of fused-ring (bicyclic) bond motifs is 4. The molecule has 11 heteroatoms. The van der Waals surface area contributed by atoms with Crippen molar-refractivity contribution in [2.45, 2.75) is 37.8 Å². The minimum Gasteiger partial charge on any atom is -0.508 e. The number of amides is 1. The summed E-state index contributed by atoms with van der Waals surface area (Å²) in [7, 11) is 1.94. The molecule has 7 rings (SSSR count). The predicted octanol–water partition coefficient (Wildman–Crippen LogP) is 3.49. The second-order valence-electron chi connectivity index (χ2n) is 10.8. The molecule has 2 bridgehead atoms. The number of nitrogens with zero attached hydrogens (tertiary/aromatic N) is 6. The van der Waals surface area contributed by atoms with Crippen molar-refractivity contribution in [1.29, 1.82) is 0 Å². The van der Waals surface area contributed by atoms with E-state index >= 15 is 0 Å². The number of rotatable bonds is 6. The maximum absolute atomic E-state index is 14.1. The number of nitrogens with one attached hydrogen (secondary N) is 1. The SMILES string of the molecule is Cn1ccnc1CCOc1nc2c(c(N3CC4CCC(C3)N4)n1)CCN(c1cc(O)cc3cccc(Cl)c13)C2=O. The molecule has 0 radical (unpaired) electrons. The molecule has 2 atom stereocenters. The molecule has 40 heavy (non-hydrogen) atoms. The van der Waals surface area contributed by atoms with Crippen LogP contribution in [0.1, 0.15) is 34.7 Å². The number of phenols is 1. The minimum absolute atomic E-state index is 0.0707. The van der Waals surface area contributed by atoms with Crippen LogP contribution in [0.5, 0.6) is 11.8 Å². The summed E-state index contributed by atoms with van der Waals surface area (Å²) in [6.07, 6.45) is 7.09. The highest BCUT2D eigenvalue weighted by Crippen LogP contribution is 2.39. The van der Waals surface area contributed by atoms with Gasteiger partial charge in [-0.25, -0.2) is 4.98 Å². The summed E-state index contributed by atoms with van der Waals surface area (Å²) in [4.78, 5) is 32.0. The van der Waals surface area contributed by atoms with Gasteiger partial charge >= 0.3 is 6.01 Å². The fourth-order valence-electron chi connectivity index (χ4n) is 6.27. The molecule has 10 nitrogen and oxygen atoms in total. The lowest BCUT2D eigenvalue weighted by molar-refractivity contribution is 0.0974. The number of imidazole rings is 1. The van der Waals surface area contributed by atoms with Crippen LogP contribution >= 0.6 is 11.6 Å². The second kappa shape index (κ2) is 9.94. The van der Waals surface area contributed by atoms with Crippen LogP contribution in [0.25, 0.3) is 10.8 Å². The fourth-order valence-corrected chi connectivity index (χ4v) is 6.55. The average molecular weight is 560 g/mol. The number of aromatic nitrogens is 4. The van der Waals surface area contributed by atoms with Gasteiger partial charge in [0.2, 0.25) is 0 Å². The number of aromatic hydroxyl groups is 1. The van der Waals surface area contributed by atoms with Crippen molar-refractivity contribution in [2.75, 3.05) is 36.0 Å². The Morgan fingerprint density at radius 3 is 2.77 bits per heavy atom. The lowest BCUT2D eigenvalue weighted by Gasteiger charge is -2.37. The van der Waals surface area contributed by atoms with Crippen LogP contribution < -0.4 is 19.9 Å². The van der Waals surface area contributed by atoms with Gasteiger partial charge in [-0.2, -0.15) is 9.97 Å². The number of hydrogen-bond donors (Lipinski definition) is 2. The molecule has 0 aliphatic carbocycles. The Kier molecular flexibility index (Phi) is 6.24. The molecule has 4 aromatic rings. The Hall–Kier alpha value is -3.89. The maximum atomic E-state index is 14.1. The van der Waals surface area contributed by atoms with E-state index in [4.69, 9.17) is 21.3 Å². The molecule has 2 N–H and O–H groups in total. The number of halogens is 1. The van der Waals surface area contributed by atoms with Crippen molar-refractivity contribution in [3.8, 4) is 11.8 Å². The van der Waals surface area contributed by atoms with E-state index in [1.807, 2.05) is 29.9 Å². The van der Waals surface area contributed by atoms with Gasteiger partial charge in [-0.3, -0.25) is 4.79 Å². The number of carbonyl (C=O) groups is 1. The van der Waals surface area contributed by atoms with E-state index in [9.17, 15) is 9.90 Å². The molecular formula is C29H30ClN7O3. The number of carbonyl (C=O) groups excluding carboxylic acids is 1. The van der Waals surface area contributed by atoms with Gasteiger partial charge in [-0.05, 0) is 36.8 Å². The number of piperazine rings is 1. The van der Waals surface area contributed by atoms with Crippen LogP contribution in [0.4, 0.5) is 11.5 Å². The summed E-state index contributed by atoms with van der Waals surface area (Å²) in [5.74, 6) is 1.49. The number of phenolic OH excluding ortho intramolecular Hbond substituents is 1. The molecule has 5 heterocycles. The second-order valence-corrected chi connectivity index (χ2v) is 11.2. The molecule has 2 aromatic carbocycles. The van der Waals surface area contributed by atoms with Crippen molar-refractivity contribution >= 4 is 39.8 Å². The summed E-state index contributed by atoms with van der Waals surface area (Å²) in [5.41, 5.74) is 1.74. The first-order valence-corrected chi connectivity index (χ1v) is 14.1. The van der Waals surface area contributed by atoms with E-state index < -0.39 is 0 Å². The van der Waals surface area contributed by atoms with E-state index in [1.165, 1.54) is 0 Å². The maximum Gasteiger partial charge on any atom is 0.319 e. The largest absolute Gasteiger partial charge is 0.508 e. The van der Waals surface area contributed by atoms with Crippen LogP contribution in [0.15, 0.2) is 42.7 Å². The number of benzene rings is 2. The highest BCUT2D eigenvalue weighted by Gasteiger charge is 2.37. The molecular weight excluding hydrogens is 530 g/mol. The van der Waals surface area contributed by atoms with Crippen molar-refractivity contribution in [3.05, 3.63) is 64.8 Å². The first-order chi connectivity index (χ1) is 19.4. The first-order valence-electron chi connectivity index (χ1n) is 13.7. The molecule has 2 unspecified atom stereocenters. The van der Waals surface area contributed by atoms with Crippen molar-refractivity contribution in [3.63, 3.8) is 0 Å². The summed E-state index contributed by atoms with van der Waals surface area (Å²) in [6, 6.07) is 9.75. The van der Waals surface area contributed by atoms with Crippen LogP contribution in [0.3, 0.4) is 0 Å². The number of anilines is 2. The lowest BCUT2D eigenvalue weighted by Crippen LogP contribution is -2.52. The topological polar surface area (TPSA) is 109 Å². The summed E-state index contributed by atoms with van der Waals surface area (Å²) >= 11 is 6.59. The van der Waals surface area contributed by atoms with Gasteiger partial charge in [0.05, 0.1) is 17.3 Å². The highest BCUT2D eigenvalue weighted by atomic mass is 35.5. The lowest BCUT2D eigenvalue weighted by atomic mass is 10.0. The normalized spacial score (nSPS) is 20.3. The van der Waals surface area contributed by atoms with Crippen LogP contribution in [0.2, 0.25) is 5.02 Å². The average Bonchev–Trinajstić information content (AvgIpc) is 3.51. The number of aryl methyl sites for hydroxylation is 1. The van der Waals surface area contributed by atoms with Gasteiger partial charge in [0.1, 0.15) is 23.1 Å². The molecule has 0 saturated carbocycles. The molecule has 2 fully saturated rings. The van der Waals surface area contributed by atoms with E-state index in [-0.39, 0.29) is 17.7 Å². The van der Waals surface area contributed by atoms with Gasteiger partial charge in [0.15, 0.2) is 0 Å². The Bertz CT molecular complexity index is 1610. The summed E-state index contributed by atoms with van der Waals surface area (Å²) in [5, 5.41) is 16.1. The van der Waals surface area contributed by atoms with Gasteiger partial charge in [0, 0.05) is 74.6 Å². The third kappa shape index (κ3) is 4.41. The van der Waals surface area contributed by atoms with Gasteiger partial charge in [-0.1, -0.05) is 23.7 Å². The van der Waals surface area contributed by atoms with Gasteiger partial charge in [0.25, 0.3) is 5.91 Å². The van der Waals surface area contributed by atoms with Crippen molar-refractivity contribution < 1.29 is 14.6 Å². The predicted molar refractivity (Wildman–Crippen MR) is 153 cm³/mol. The standard InChI is InChI=1S/C29H30ClN7O3/c1-35-11-9-31-24(35)8-12-40-29-33-26-21(27(34-29)36-15-18-5-6-19(16-36)32-18)7-10-37(28(26)39)23-14-20(38)13-17-3-2-4-22(30)25(17)23/h2-4,9,11,13-14,18-19,32,38H,5-8,10,12,15-16H2,1H3. The van der Waals surface area contributed by atoms with E-state index in [2.05, 4.69) is 20.2 Å². The molecule has 2 aromatic heterocycles. The third-order valence-electron chi connectivity index (χ3n) is 8.17. The van der Waals surface area contributed by atoms with Crippen LogP contribution in [-0.2, 0) is 19.9 Å². The zero-order chi connectivity index (χ0) is 27.4. The molecule has 0 spiro atoms. The molecule has 3 aliphatic rings. The van der Waals surface area contributed by atoms with Crippen LogP contribution in [-0.4, -0.2) is 68.9 Å². The van der Waals surface area contributed by atoms with Gasteiger partial charge in [-0.15, -0.1) is 0 Å². The summed E-state index contributed by atoms with van der Waals surface area (Å²) < 4.78 is 8.00. The van der Waals surface area contributed by atoms with Crippen LogP contribution in [0, 0.1) is 0 Å². The summed E-state index contributed by atoms with van der Waals surface area (Å²) in [6.45, 7) is 2.42. The zero-order valence-corrected chi connectivity index (χ0v) is 22.9. The smallest absolute Gasteiger partial charge is 0.319 e. The first kappa shape index (κ1) is 25.1. The molecule has 3 aliphatic heterocycles. The number of ether oxygens (including phenoxy) is 1. The third-order valence-corrected chi connectivity index (χ3v) is 8.49. The van der Waals surface area contributed by atoms with E-state index in [0.29, 0.717) is 54.5 Å². The van der Waals surface area contributed by atoms with Crippen molar-refractivity contribution in [2.24, 2.45) is 7.05 Å². The fraction of sp³-hybridized carbons (Fsp3) is 0.379. The quantitative estimate of drug-likeness (QED) is 0.370. The van der Waals surface area contributed by atoms with Crippen molar-refractivity contribution in [1.82, 2.24) is 24.8 Å². The van der Waals surface area contributed by atoms with E-state index in [0.717, 1.165) is 53.9 Å². The Morgan fingerprint density at radius 2 is 2.00 bits per heavy atom. The monoisotopic (exact) mass is 559 g/mol. The Morgan fingerprint density at radius 1 is 1.18 bits per heavy atom. The molecule has 2 saturated heterocycles. The van der Waals surface area contributed by atoms with Gasteiger partial charge < -0.3 is 29.5 Å².